The zero-order valence-electron chi connectivity index (χ0n) is 18.4. The summed E-state index contributed by atoms with van der Waals surface area (Å²) in [5.41, 5.74) is 1.48. The minimum absolute atomic E-state index is 0.196. The number of pyridine rings is 1. The van der Waals surface area contributed by atoms with Gasteiger partial charge in [0.25, 0.3) is 0 Å². The molecule has 1 N–H and O–H groups in total. The Balaban J connectivity index is 1.66. The third-order valence-electron chi connectivity index (χ3n) is 5.61. The molecule has 1 saturated heterocycles. The fraction of sp³-hybridized carbons (Fsp3) is 0.333. The van der Waals surface area contributed by atoms with E-state index in [-0.39, 0.29) is 22.3 Å². The molecule has 1 aliphatic heterocycles. The molecule has 7 nitrogen and oxygen atoms in total. The lowest BCUT2D eigenvalue weighted by molar-refractivity contribution is 0.0103. The lowest BCUT2D eigenvalue weighted by Crippen LogP contribution is -2.44. The number of nitriles is 1. The van der Waals surface area contributed by atoms with Gasteiger partial charge in [-0.05, 0) is 31.2 Å². The van der Waals surface area contributed by atoms with Gasteiger partial charge >= 0.3 is 0 Å². The second kappa shape index (κ2) is 10.2. The quantitative estimate of drug-likeness (QED) is 0.533. The predicted molar refractivity (Wildman–Crippen MR) is 125 cm³/mol. The van der Waals surface area contributed by atoms with Gasteiger partial charge in [0.05, 0.1) is 42.8 Å². The van der Waals surface area contributed by atoms with Crippen molar-refractivity contribution in [2.24, 2.45) is 0 Å². The van der Waals surface area contributed by atoms with E-state index < -0.39 is 5.82 Å². The van der Waals surface area contributed by atoms with Crippen LogP contribution in [-0.2, 0) is 4.74 Å². The first-order chi connectivity index (χ1) is 16.0. The zero-order valence-corrected chi connectivity index (χ0v) is 19.2. The number of hydrogen-bond donors (Lipinski definition) is 1. The van der Waals surface area contributed by atoms with Gasteiger partial charge in [-0.3, -0.25) is 9.88 Å². The van der Waals surface area contributed by atoms with E-state index in [9.17, 15) is 9.65 Å². The Kier molecular flexibility index (Phi) is 7.14. The lowest BCUT2D eigenvalue weighted by atomic mass is 10.1. The van der Waals surface area contributed by atoms with E-state index in [1.807, 2.05) is 0 Å². The molecule has 2 aromatic carbocycles. The van der Waals surface area contributed by atoms with E-state index in [0.717, 1.165) is 26.3 Å². The van der Waals surface area contributed by atoms with Crippen molar-refractivity contribution in [2.45, 2.75) is 13.0 Å². The Labute approximate surface area is 196 Å². The van der Waals surface area contributed by atoms with Gasteiger partial charge < -0.3 is 19.5 Å². The Morgan fingerprint density at radius 2 is 2.06 bits per heavy atom. The third-order valence-corrected chi connectivity index (χ3v) is 5.85. The fourth-order valence-electron chi connectivity index (χ4n) is 3.75. The number of fused-ring (bicyclic) bond motifs is 1. The highest BCUT2D eigenvalue weighted by molar-refractivity contribution is 6.30. The molecule has 1 fully saturated rings. The standard InChI is InChI=1S/C24H24ClFN4O3/c1-15(30-5-7-32-8-6-30)14-33-23-11-21-18(10-22(23)31-2)24(16(12-27)13-28-21)29-20-4-3-17(25)9-19(20)26/h3-4,9-11,13,15H,5-8,14H2,1-2H3,(H,28,29). The summed E-state index contributed by atoms with van der Waals surface area (Å²) in [7, 11) is 1.55. The third kappa shape index (κ3) is 5.11. The van der Waals surface area contributed by atoms with Crippen LogP contribution in [0, 0.1) is 17.1 Å². The maximum absolute atomic E-state index is 14.4. The molecular formula is C24H24ClFN4O3. The van der Waals surface area contributed by atoms with Crippen molar-refractivity contribution in [3.05, 3.63) is 52.9 Å². The van der Waals surface area contributed by atoms with Crippen LogP contribution in [0.4, 0.5) is 15.8 Å². The molecule has 0 aliphatic carbocycles. The van der Waals surface area contributed by atoms with Crippen LogP contribution < -0.4 is 14.8 Å². The number of methoxy groups -OCH3 is 1. The molecule has 3 aromatic rings. The number of aromatic nitrogens is 1. The molecule has 2 heterocycles. The molecule has 4 rings (SSSR count). The molecule has 1 aromatic heterocycles. The van der Waals surface area contributed by atoms with Crippen molar-refractivity contribution in [1.82, 2.24) is 9.88 Å². The number of morpholine rings is 1. The highest BCUT2D eigenvalue weighted by atomic mass is 35.5. The summed E-state index contributed by atoms with van der Waals surface area (Å²) in [5.74, 6) is 0.513. The van der Waals surface area contributed by atoms with Crippen LogP contribution in [0.1, 0.15) is 12.5 Å². The molecule has 9 heteroatoms. The first-order valence-corrected chi connectivity index (χ1v) is 11.0. The van der Waals surface area contributed by atoms with Gasteiger partial charge in [0.15, 0.2) is 11.5 Å². The van der Waals surface area contributed by atoms with E-state index in [0.29, 0.717) is 34.7 Å². The summed E-state index contributed by atoms with van der Waals surface area (Å²) in [6.07, 6.45) is 1.45. The van der Waals surface area contributed by atoms with Crippen LogP contribution in [0.5, 0.6) is 11.5 Å². The number of benzene rings is 2. The number of hydrogen-bond acceptors (Lipinski definition) is 7. The summed E-state index contributed by atoms with van der Waals surface area (Å²) in [6.45, 7) is 5.76. The van der Waals surface area contributed by atoms with Gasteiger partial charge in [0, 0.05) is 41.8 Å². The molecule has 0 radical (unpaired) electrons. The van der Waals surface area contributed by atoms with Crippen molar-refractivity contribution in [2.75, 3.05) is 45.3 Å². The summed E-state index contributed by atoms with van der Waals surface area (Å²) in [6, 6.07) is 10.1. The first kappa shape index (κ1) is 23.1. The van der Waals surface area contributed by atoms with E-state index in [1.165, 1.54) is 18.3 Å². The summed E-state index contributed by atoms with van der Waals surface area (Å²) in [4.78, 5) is 6.72. The molecule has 0 bridgehead atoms. The van der Waals surface area contributed by atoms with Gasteiger partial charge in [-0.25, -0.2) is 4.39 Å². The van der Waals surface area contributed by atoms with Gasteiger partial charge in [-0.1, -0.05) is 11.6 Å². The van der Waals surface area contributed by atoms with E-state index in [1.54, 1.807) is 25.3 Å². The molecule has 0 amide bonds. The van der Waals surface area contributed by atoms with Crippen molar-refractivity contribution in [3.8, 4) is 17.6 Å². The highest BCUT2D eigenvalue weighted by Crippen LogP contribution is 2.37. The molecule has 1 unspecified atom stereocenters. The maximum Gasteiger partial charge on any atom is 0.163 e. The number of ether oxygens (including phenoxy) is 3. The zero-order chi connectivity index (χ0) is 23.4. The number of halogens is 2. The fourth-order valence-corrected chi connectivity index (χ4v) is 3.91. The Bertz CT molecular complexity index is 1190. The van der Waals surface area contributed by atoms with Crippen LogP contribution in [0.2, 0.25) is 5.02 Å². The lowest BCUT2D eigenvalue weighted by Gasteiger charge is -2.32. The van der Waals surface area contributed by atoms with Crippen LogP contribution in [0.25, 0.3) is 10.9 Å². The second-order valence-electron chi connectivity index (χ2n) is 7.74. The largest absolute Gasteiger partial charge is 0.493 e. The van der Waals surface area contributed by atoms with Crippen molar-refractivity contribution < 1.29 is 18.6 Å². The van der Waals surface area contributed by atoms with Crippen molar-refractivity contribution >= 4 is 33.9 Å². The van der Waals surface area contributed by atoms with Crippen LogP contribution >= 0.6 is 11.6 Å². The van der Waals surface area contributed by atoms with Crippen LogP contribution in [-0.4, -0.2) is 55.9 Å². The molecular weight excluding hydrogens is 447 g/mol. The minimum atomic E-state index is -0.527. The molecule has 0 spiro atoms. The van der Waals surface area contributed by atoms with E-state index in [2.05, 4.69) is 28.2 Å². The van der Waals surface area contributed by atoms with Crippen molar-refractivity contribution in [3.63, 3.8) is 0 Å². The van der Waals surface area contributed by atoms with Crippen LogP contribution in [0.15, 0.2) is 36.5 Å². The molecule has 33 heavy (non-hydrogen) atoms. The summed E-state index contributed by atoms with van der Waals surface area (Å²) < 4.78 is 31.5. The monoisotopic (exact) mass is 470 g/mol. The predicted octanol–water partition coefficient (Wildman–Crippen LogP) is 4.75. The number of nitrogens with zero attached hydrogens (tertiary/aromatic N) is 3. The Hall–Kier alpha value is -3.12. The van der Waals surface area contributed by atoms with Gasteiger partial charge in [-0.2, -0.15) is 5.26 Å². The normalized spacial score (nSPS) is 15.1. The molecule has 1 atom stereocenters. The highest BCUT2D eigenvalue weighted by Gasteiger charge is 2.20. The first-order valence-electron chi connectivity index (χ1n) is 10.6. The maximum atomic E-state index is 14.4. The van der Waals surface area contributed by atoms with Crippen LogP contribution in [0.3, 0.4) is 0 Å². The number of anilines is 2. The molecule has 172 valence electrons. The van der Waals surface area contributed by atoms with Gasteiger partial charge in [-0.15, -0.1) is 0 Å². The Morgan fingerprint density at radius 1 is 1.27 bits per heavy atom. The minimum Gasteiger partial charge on any atom is -0.493 e. The Morgan fingerprint density at radius 3 is 2.76 bits per heavy atom. The molecule has 0 saturated carbocycles. The number of nitrogens with one attached hydrogen (secondary N) is 1. The number of rotatable bonds is 7. The second-order valence-corrected chi connectivity index (χ2v) is 8.17. The summed E-state index contributed by atoms with van der Waals surface area (Å²) in [5, 5.41) is 13.5. The van der Waals surface area contributed by atoms with Gasteiger partial charge in [0.1, 0.15) is 18.5 Å². The average molecular weight is 471 g/mol. The van der Waals surface area contributed by atoms with Gasteiger partial charge in [0.2, 0.25) is 0 Å². The van der Waals surface area contributed by atoms with Crippen molar-refractivity contribution in [1.29, 1.82) is 5.26 Å². The topological polar surface area (TPSA) is 79.6 Å². The van der Waals surface area contributed by atoms with E-state index in [4.69, 9.17) is 25.8 Å². The van der Waals surface area contributed by atoms with E-state index >= 15 is 0 Å². The average Bonchev–Trinajstić information content (AvgIpc) is 2.84. The smallest absolute Gasteiger partial charge is 0.163 e. The molecule has 1 aliphatic rings. The SMILES string of the molecule is COc1cc2c(Nc3ccc(Cl)cc3F)c(C#N)cnc2cc1OCC(C)N1CCOCC1. The summed E-state index contributed by atoms with van der Waals surface area (Å²) >= 11 is 5.86.